The second kappa shape index (κ2) is 10.3. The van der Waals surface area contributed by atoms with Crippen LogP contribution in [0.4, 0.5) is 9.18 Å². The molecule has 1 N–H and O–H groups in total. The van der Waals surface area contributed by atoms with E-state index in [1.54, 1.807) is 36.0 Å². The molecule has 2 saturated heterocycles. The maximum Gasteiger partial charge on any atom is 0.334 e. The molecule has 0 bridgehead atoms. The average Bonchev–Trinajstić information content (AvgIpc) is 2.81. The predicted molar refractivity (Wildman–Crippen MR) is 133 cm³/mol. The van der Waals surface area contributed by atoms with Gasteiger partial charge >= 0.3 is 6.03 Å². The Balaban J connectivity index is 1.54. The fourth-order valence-electron chi connectivity index (χ4n) is 4.50. The highest BCUT2D eigenvalue weighted by Crippen LogP contribution is 2.27. The molecule has 8 nitrogen and oxygen atoms in total. The van der Waals surface area contributed by atoms with Crippen LogP contribution in [0.3, 0.4) is 0 Å². The van der Waals surface area contributed by atoms with E-state index < -0.39 is 12.2 Å². The first-order valence-electron chi connectivity index (χ1n) is 11.0. The normalized spacial score (nSPS) is 21.0. The van der Waals surface area contributed by atoms with Gasteiger partial charge in [-0.25, -0.2) is 19.2 Å². The predicted octanol–water partition coefficient (Wildman–Crippen LogP) is 2.72. The van der Waals surface area contributed by atoms with Gasteiger partial charge < -0.3 is 15.1 Å². The molecule has 4 rings (SSSR count). The zero-order chi connectivity index (χ0) is 24.4. The van der Waals surface area contributed by atoms with Crippen LogP contribution in [0.15, 0.2) is 48.5 Å². The van der Waals surface area contributed by atoms with Crippen LogP contribution in [0.5, 0.6) is 0 Å². The molecule has 2 aliphatic heterocycles. The highest BCUT2D eigenvalue weighted by atomic mass is 127. The van der Waals surface area contributed by atoms with Gasteiger partial charge in [-0.1, -0.05) is 59.0 Å². The SMILES string of the molecule is C[C@H]1C(=O)N(Cc2cccc(CI)c2)C[C@H]2N1C(=O)CN(C)N2C(=O)NCc1ccc(F)cc1. The van der Waals surface area contributed by atoms with E-state index in [4.69, 9.17) is 0 Å². The van der Waals surface area contributed by atoms with Gasteiger partial charge in [0.25, 0.3) is 0 Å². The van der Waals surface area contributed by atoms with Crippen molar-refractivity contribution in [2.24, 2.45) is 0 Å². The van der Waals surface area contributed by atoms with Crippen LogP contribution >= 0.6 is 22.6 Å². The molecule has 2 aliphatic rings. The Morgan fingerprint density at radius 1 is 1.12 bits per heavy atom. The monoisotopic (exact) mass is 579 g/mol. The second-order valence-electron chi connectivity index (χ2n) is 8.58. The third kappa shape index (κ3) is 5.02. The first-order valence-corrected chi connectivity index (χ1v) is 12.6. The Hall–Kier alpha value is -2.73. The van der Waals surface area contributed by atoms with E-state index in [1.807, 2.05) is 18.2 Å². The van der Waals surface area contributed by atoms with Crippen molar-refractivity contribution in [2.75, 3.05) is 20.1 Å². The zero-order valence-electron chi connectivity index (χ0n) is 19.1. The number of hydrogen-bond acceptors (Lipinski definition) is 4. The molecule has 180 valence electrons. The van der Waals surface area contributed by atoms with Gasteiger partial charge in [0.2, 0.25) is 11.8 Å². The van der Waals surface area contributed by atoms with E-state index in [0.29, 0.717) is 6.54 Å². The summed E-state index contributed by atoms with van der Waals surface area (Å²) in [6.07, 6.45) is -0.625. The Bertz CT molecular complexity index is 1080. The second-order valence-corrected chi connectivity index (χ2v) is 9.34. The van der Waals surface area contributed by atoms with Crippen LogP contribution in [0, 0.1) is 5.82 Å². The van der Waals surface area contributed by atoms with E-state index in [0.717, 1.165) is 15.6 Å². The molecule has 2 fully saturated rings. The molecule has 0 spiro atoms. The Morgan fingerprint density at radius 3 is 2.53 bits per heavy atom. The molecule has 2 heterocycles. The van der Waals surface area contributed by atoms with Crippen LogP contribution in [0.2, 0.25) is 0 Å². The first-order chi connectivity index (χ1) is 16.3. The largest absolute Gasteiger partial charge is 0.334 e. The van der Waals surface area contributed by atoms with Gasteiger partial charge in [0.1, 0.15) is 18.0 Å². The molecule has 2 aromatic rings. The van der Waals surface area contributed by atoms with Gasteiger partial charge in [-0.15, -0.1) is 0 Å². The lowest BCUT2D eigenvalue weighted by Gasteiger charge is -2.53. The van der Waals surface area contributed by atoms with Crippen LogP contribution in [-0.4, -0.2) is 70.0 Å². The number of amides is 4. The van der Waals surface area contributed by atoms with E-state index in [9.17, 15) is 18.8 Å². The minimum absolute atomic E-state index is 0.00417. The van der Waals surface area contributed by atoms with Crippen molar-refractivity contribution >= 4 is 40.4 Å². The third-order valence-corrected chi connectivity index (χ3v) is 7.06. The topological polar surface area (TPSA) is 76.2 Å². The average molecular weight is 579 g/mol. The molecular formula is C24H27FIN5O3. The number of hydrazine groups is 1. The lowest BCUT2D eigenvalue weighted by atomic mass is 10.1. The maximum absolute atomic E-state index is 13.2. The quantitative estimate of drug-likeness (QED) is 0.437. The molecule has 0 unspecified atom stereocenters. The lowest BCUT2D eigenvalue weighted by molar-refractivity contribution is -0.186. The van der Waals surface area contributed by atoms with E-state index in [-0.39, 0.29) is 43.3 Å². The fourth-order valence-corrected chi connectivity index (χ4v) is 4.97. The lowest BCUT2D eigenvalue weighted by Crippen LogP contribution is -2.75. The number of carbonyl (C=O) groups is 3. The number of nitrogens with one attached hydrogen (secondary N) is 1. The van der Waals surface area contributed by atoms with E-state index >= 15 is 0 Å². The summed E-state index contributed by atoms with van der Waals surface area (Å²) >= 11 is 2.30. The molecule has 0 aliphatic carbocycles. The Morgan fingerprint density at radius 2 is 1.82 bits per heavy atom. The highest BCUT2D eigenvalue weighted by molar-refractivity contribution is 14.1. The van der Waals surface area contributed by atoms with Crippen molar-refractivity contribution in [1.29, 1.82) is 0 Å². The Labute approximate surface area is 211 Å². The number of carbonyl (C=O) groups excluding carboxylic acids is 3. The summed E-state index contributed by atoms with van der Waals surface area (Å²) in [5.41, 5.74) is 2.93. The number of hydrogen-bond donors (Lipinski definition) is 1. The standard InChI is InChI=1S/C24H27FIN5O3/c1-16-23(33)29(13-19-5-3-4-18(10-19)11-26)14-21-30(16)22(32)15-28(2)31(21)24(34)27-12-17-6-8-20(25)9-7-17/h3-10,16,21H,11-15H2,1-2H3,(H,27,34)/t16-,21-/m0/s1. The van der Waals surface area contributed by atoms with Gasteiger partial charge in [0.05, 0.1) is 13.1 Å². The molecule has 0 aromatic heterocycles. The molecule has 2 aromatic carbocycles. The molecule has 34 heavy (non-hydrogen) atoms. The summed E-state index contributed by atoms with van der Waals surface area (Å²) in [4.78, 5) is 42.4. The van der Waals surface area contributed by atoms with Crippen molar-refractivity contribution in [1.82, 2.24) is 25.1 Å². The minimum Gasteiger partial charge on any atom is -0.333 e. The number of likely N-dealkylation sites (N-methyl/N-ethyl adjacent to an activating group) is 1. The maximum atomic E-state index is 13.2. The van der Waals surface area contributed by atoms with Gasteiger partial charge in [-0.2, -0.15) is 0 Å². The van der Waals surface area contributed by atoms with Crippen molar-refractivity contribution in [3.05, 3.63) is 71.0 Å². The number of halogens is 2. The molecular weight excluding hydrogens is 552 g/mol. The molecule has 0 radical (unpaired) electrons. The van der Waals surface area contributed by atoms with Crippen molar-refractivity contribution in [3.8, 4) is 0 Å². The van der Waals surface area contributed by atoms with Crippen LogP contribution < -0.4 is 5.32 Å². The zero-order valence-corrected chi connectivity index (χ0v) is 21.2. The van der Waals surface area contributed by atoms with Crippen LogP contribution in [0.1, 0.15) is 23.6 Å². The number of benzene rings is 2. The van der Waals surface area contributed by atoms with Crippen LogP contribution in [-0.2, 0) is 27.1 Å². The smallest absolute Gasteiger partial charge is 0.333 e. The minimum atomic E-state index is -0.680. The molecule has 0 saturated carbocycles. The summed E-state index contributed by atoms with van der Waals surface area (Å²) in [5, 5.41) is 5.94. The molecule has 4 amide bonds. The summed E-state index contributed by atoms with van der Waals surface area (Å²) in [7, 11) is 1.68. The molecule has 10 heteroatoms. The summed E-state index contributed by atoms with van der Waals surface area (Å²) < 4.78 is 14.0. The van der Waals surface area contributed by atoms with Crippen molar-refractivity contribution in [3.63, 3.8) is 0 Å². The number of fused-ring (bicyclic) bond motifs is 1. The summed E-state index contributed by atoms with van der Waals surface area (Å²) in [5.74, 6) is -0.673. The van der Waals surface area contributed by atoms with Crippen molar-refractivity contribution in [2.45, 2.75) is 36.6 Å². The number of nitrogens with zero attached hydrogens (tertiary/aromatic N) is 4. The summed E-state index contributed by atoms with van der Waals surface area (Å²) in [6, 6.07) is 12.9. The fraction of sp³-hybridized carbons (Fsp3) is 0.375. The Kier molecular flexibility index (Phi) is 7.36. The molecule has 2 atom stereocenters. The van der Waals surface area contributed by atoms with Crippen molar-refractivity contribution < 1.29 is 18.8 Å². The van der Waals surface area contributed by atoms with Gasteiger partial charge in [-0.3, -0.25) is 9.59 Å². The number of urea groups is 1. The van der Waals surface area contributed by atoms with Gasteiger partial charge in [0.15, 0.2) is 0 Å². The van der Waals surface area contributed by atoms with Crippen LogP contribution in [0.25, 0.3) is 0 Å². The van der Waals surface area contributed by atoms with Gasteiger partial charge in [-0.05, 0) is 35.7 Å². The number of piperazine rings is 1. The van der Waals surface area contributed by atoms with Gasteiger partial charge in [0, 0.05) is 24.6 Å². The van der Waals surface area contributed by atoms with E-state index in [1.165, 1.54) is 27.6 Å². The highest BCUT2D eigenvalue weighted by Gasteiger charge is 2.49. The number of alkyl halides is 1. The third-order valence-electron chi connectivity index (χ3n) is 6.18. The van der Waals surface area contributed by atoms with E-state index in [2.05, 4.69) is 34.0 Å². The first kappa shape index (κ1) is 24.4. The number of rotatable bonds is 5. The summed E-state index contributed by atoms with van der Waals surface area (Å²) in [6.45, 7) is 2.53.